The van der Waals surface area contributed by atoms with Crippen LogP contribution < -0.4 is 10.5 Å². The van der Waals surface area contributed by atoms with Crippen LogP contribution in [-0.2, 0) is 6.42 Å². The molecular formula is C13H12ClN3O. The van der Waals surface area contributed by atoms with E-state index in [0.29, 0.717) is 11.6 Å². The lowest BCUT2D eigenvalue weighted by Crippen LogP contribution is -2.24. The zero-order valence-corrected chi connectivity index (χ0v) is 10.4. The lowest BCUT2D eigenvalue weighted by atomic mass is 10.0. The van der Waals surface area contributed by atoms with Crippen molar-refractivity contribution in [1.29, 1.82) is 0 Å². The molecule has 2 N–H and O–H groups in total. The molecule has 1 aromatic carbocycles. The summed E-state index contributed by atoms with van der Waals surface area (Å²) in [5.41, 5.74) is 8.46. The molecular weight excluding hydrogens is 250 g/mol. The largest absolute Gasteiger partial charge is 0.487 e. The van der Waals surface area contributed by atoms with Gasteiger partial charge in [-0.2, -0.15) is 0 Å². The van der Waals surface area contributed by atoms with Crippen molar-refractivity contribution in [2.45, 2.75) is 12.5 Å². The number of nitrogens with zero attached hydrogens (tertiary/aromatic N) is 2. The highest BCUT2D eigenvalue weighted by molar-refractivity contribution is 6.32. The fraction of sp³-hybridized carbons (Fsp3) is 0.231. The number of halogens is 1. The molecule has 5 heteroatoms. The third-order valence-electron chi connectivity index (χ3n) is 2.97. The van der Waals surface area contributed by atoms with Crippen LogP contribution in [0.1, 0.15) is 5.56 Å². The Morgan fingerprint density at radius 3 is 3.00 bits per heavy atom. The van der Waals surface area contributed by atoms with Crippen LogP contribution in [-0.4, -0.2) is 22.6 Å². The molecule has 0 amide bonds. The maximum atomic E-state index is 6.23. The zero-order valence-electron chi connectivity index (χ0n) is 9.64. The molecule has 3 rings (SSSR count). The van der Waals surface area contributed by atoms with E-state index in [4.69, 9.17) is 22.1 Å². The van der Waals surface area contributed by atoms with E-state index in [1.54, 1.807) is 18.6 Å². The molecule has 1 aliphatic heterocycles. The van der Waals surface area contributed by atoms with Crippen molar-refractivity contribution < 1.29 is 4.74 Å². The standard InChI is InChI=1S/C13H12ClN3O/c14-11-5-8(12-7-16-1-2-17-12)3-9-4-10(6-15)18-13(9)11/h1-3,5,7,10H,4,6,15H2. The average molecular weight is 262 g/mol. The lowest BCUT2D eigenvalue weighted by Gasteiger charge is -2.08. The molecule has 4 nitrogen and oxygen atoms in total. The Kier molecular flexibility index (Phi) is 2.89. The Morgan fingerprint density at radius 1 is 1.39 bits per heavy atom. The number of nitrogens with two attached hydrogens (primary N) is 1. The summed E-state index contributed by atoms with van der Waals surface area (Å²) >= 11 is 6.23. The van der Waals surface area contributed by atoms with E-state index in [1.165, 1.54) is 0 Å². The van der Waals surface area contributed by atoms with Crippen LogP contribution in [0.25, 0.3) is 11.3 Å². The fourth-order valence-electron chi connectivity index (χ4n) is 2.12. The third kappa shape index (κ3) is 1.94. The molecule has 0 saturated carbocycles. The van der Waals surface area contributed by atoms with Crippen LogP contribution in [0.5, 0.6) is 5.75 Å². The second-order valence-corrected chi connectivity index (χ2v) is 4.62. The molecule has 1 aromatic heterocycles. The van der Waals surface area contributed by atoms with Crippen molar-refractivity contribution in [2.24, 2.45) is 5.73 Å². The summed E-state index contributed by atoms with van der Waals surface area (Å²) in [4.78, 5) is 8.33. The van der Waals surface area contributed by atoms with Crippen molar-refractivity contribution in [1.82, 2.24) is 9.97 Å². The minimum atomic E-state index is 0.0228. The van der Waals surface area contributed by atoms with Crippen molar-refractivity contribution in [3.05, 3.63) is 41.3 Å². The molecule has 0 saturated heterocycles. The van der Waals surface area contributed by atoms with E-state index >= 15 is 0 Å². The number of ether oxygens (including phenoxy) is 1. The molecule has 0 fully saturated rings. The van der Waals surface area contributed by atoms with Crippen molar-refractivity contribution in [3.63, 3.8) is 0 Å². The number of hydrogen-bond acceptors (Lipinski definition) is 4. The Bertz CT molecular complexity index is 574. The minimum Gasteiger partial charge on any atom is -0.487 e. The zero-order chi connectivity index (χ0) is 12.5. The normalized spacial score (nSPS) is 17.3. The first-order valence-corrected chi connectivity index (χ1v) is 6.11. The van der Waals surface area contributed by atoms with Crippen molar-refractivity contribution >= 4 is 11.6 Å². The van der Waals surface area contributed by atoms with Gasteiger partial charge < -0.3 is 10.5 Å². The van der Waals surface area contributed by atoms with E-state index < -0.39 is 0 Å². The minimum absolute atomic E-state index is 0.0228. The summed E-state index contributed by atoms with van der Waals surface area (Å²) in [5, 5.41) is 0.601. The predicted octanol–water partition coefficient (Wildman–Crippen LogP) is 2.06. The number of fused-ring (bicyclic) bond motifs is 1. The van der Waals surface area contributed by atoms with Crippen LogP contribution in [0, 0.1) is 0 Å². The highest BCUT2D eigenvalue weighted by Gasteiger charge is 2.25. The van der Waals surface area contributed by atoms with Crippen LogP contribution in [0.4, 0.5) is 0 Å². The molecule has 92 valence electrons. The van der Waals surface area contributed by atoms with Crippen LogP contribution in [0.2, 0.25) is 5.02 Å². The first kappa shape index (κ1) is 11.4. The molecule has 0 radical (unpaired) electrons. The second kappa shape index (κ2) is 4.55. The van der Waals surface area contributed by atoms with Crippen LogP contribution in [0.15, 0.2) is 30.7 Å². The first-order chi connectivity index (χ1) is 8.78. The van der Waals surface area contributed by atoms with Crippen molar-refractivity contribution in [3.8, 4) is 17.0 Å². The van der Waals surface area contributed by atoms with Gasteiger partial charge in [-0.05, 0) is 12.1 Å². The van der Waals surface area contributed by atoms with Gasteiger partial charge in [0.15, 0.2) is 0 Å². The van der Waals surface area contributed by atoms with Crippen LogP contribution >= 0.6 is 11.6 Å². The molecule has 1 atom stereocenters. The Hall–Kier alpha value is -1.65. The topological polar surface area (TPSA) is 61.0 Å². The number of hydrogen-bond donors (Lipinski definition) is 1. The van der Waals surface area contributed by atoms with E-state index in [2.05, 4.69) is 9.97 Å². The lowest BCUT2D eigenvalue weighted by molar-refractivity contribution is 0.241. The SMILES string of the molecule is NCC1Cc2cc(-c3cnccn3)cc(Cl)c2O1. The Morgan fingerprint density at radius 2 is 2.28 bits per heavy atom. The van der Waals surface area contributed by atoms with Gasteiger partial charge in [0, 0.05) is 36.5 Å². The number of aromatic nitrogens is 2. The summed E-state index contributed by atoms with van der Waals surface area (Å²) in [7, 11) is 0. The molecule has 1 aliphatic rings. The van der Waals surface area contributed by atoms with E-state index in [-0.39, 0.29) is 6.10 Å². The Balaban J connectivity index is 2.04. The summed E-state index contributed by atoms with van der Waals surface area (Å²) in [5.74, 6) is 0.750. The molecule has 0 bridgehead atoms. The highest BCUT2D eigenvalue weighted by atomic mass is 35.5. The number of rotatable bonds is 2. The third-order valence-corrected chi connectivity index (χ3v) is 3.26. The van der Waals surface area contributed by atoms with Gasteiger partial charge in [-0.15, -0.1) is 0 Å². The molecule has 0 aliphatic carbocycles. The monoisotopic (exact) mass is 261 g/mol. The fourth-order valence-corrected chi connectivity index (χ4v) is 2.40. The molecule has 2 heterocycles. The van der Waals surface area contributed by atoms with Gasteiger partial charge in [-0.3, -0.25) is 9.97 Å². The van der Waals surface area contributed by atoms with Crippen molar-refractivity contribution in [2.75, 3.05) is 6.54 Å². The predicted molar refractivity (Wildman–Crippen MR) is 69.7 cm³/mol. The van der Waals surface area contributed by atoms with Gasteiger partial charge in [0.05, 0.1) is 16.9 Å². The van der Waals surface area contributed by atoms with Gasteiger partial charge in [-0.25, -0.2) is 0 Å². The highest BCUT2D eigenvalue weighted by Crippen LogP contribution is 2.38. The molecule has 18 heavy (non-hydrogen) atoms. The average Bonchev–Trinajstić information content (AvgIpc) is 2.83. The molecule has 0 spiro atoms. The quantitative estimate of drug-likeness (QED) is 0.899. The number of benzene rings is 1. The summed E-state index contributed by atoms with van der Waals surface area (Å²) in [6, 6.07) is 3.89. The molecule has 1 unspecified atom stereocenters. The van der Waals surface area contributed by atoms with E-state index in [0.717, 1.165) is 29.0 Å². The van der Waals surface area contributed by atoms with Gasteiger partial charge in [0.25, 0.3) is 0 Å². The summed E-state index contributed by atoms with van der Waals surface area (Å²) in [6.07, 6.45) is 5.84. The van der Waals surface area contributed by atoms with Gasteiger partial charge in [0.1, 0.15) is 11.9 Å². The second-order valence-electron chi connectivity index (χ2n) is 4.22. The first-order valence-electron chi connectivity index (χ1n) is 5.73. The van der Waals surface area contributed by atoms with Gasteiger partial charge in [-0.1, -0.05) is 11.6 Å². The maximum Gasteiger partial charge on any atom is 0.141 e. The van der Waals surface area contributed by atoms with E-state index in [9.17, 15) is 0 Å². The maximum absolute atomic E-state index is 6.23. The molecule has 2 aromatic rings. The van der Waals surface area contributed by atoms with E-state index in [1.807, 2.05) is 12.1 Å². The smallest absolute Gasteiger partial charge is 0.141 e. The van der Waals surface area contributed by atoms with Crippen LogP contribution in [0.3, 0.4) is 0 Å². The van der Waals surface area contributed by atoms with Gasteiger partial charge in [0.2, 0.25) is 0 Å². The summed E-state index contributed by atoms with van der Waals surface area (Å²) < 4.78 is 5.68. The van der Waals surface area contributed by atoms with Gasteiger partial charge >= 0.3 is 0 Å². The summed E-state index contributed by atoms with van der Waals surface area (Å²) in [6.45, 7) is 0.492. The Labute approximate surface area is 110 Å².